The van der Waals surface area contributed by atoms with Crippen LogP contribution >= 0.6 is 25.3 Å². The first-order valence-electron chi connectivity index (χ1n) is 37.4. The Balaban J connectivity index is 1.85. The van der Waals surface area contributed by atoms with Crippen molar-refractivity contribution in [2.75, 3.05) is 45.1 Å². The number of thiol groups is 2. The van der Waals surface area contributed by atoms with E-state index in [2.05, 4.69) is 55.2 Å². The monoisotopic (exact) mass is 1550 g/mol. The zero-order chi connectivity index (χ0) is 81.3. The molecule has 3 fully saturated rings. The molecule has 0 aromatic rings. The van der Waals surface area contributed by atoms with Crippen LogP contribution in [0.2, 0.25) is 0 Å². The molecule has 0 radical (unpaired) electrons. The fourth-order valence-corrected chi connectivity index (χ4v) is 13.7. The van der Waals surface area contributed by atoms with Crippen molar-refractivity contribution in [1.29, 1.82) is 5.41 Å². The summed E-state index contributed by atoms with van der Waals surface area (Å²) in [5, 5.41) is 58.5. The van der Waals surface area contributed by atoms with Gasteiger partial charge in [0.25, 0.3) is 0 Å². The van der Waals surface area contributed by atoms with E-state index in [0.29, 0.717) is 38.5 Å². The minimum absolute atomic E-state index is 0.0114. The van der Waals surface area contributed by atoms with Crippen LogP contribution in [0.1, 0.15) is 199 Å². The van der Waals surface area contributed by atoms with Gasteiger partial charge in [-0.1, -0.05) is 102 Å². The van der Waals surface area contributed by atoms with Crippen molar-refractivity contribution >= 4 is 120 Å². The fourth-order valence-electron chi connectivity index (χ4n) is 13.2. The summed E-state index contributed by atoms with van der Waals surface area (Å²) in [6, 6.07) is -14.8. The number of primary amides is 1. The van der Waals surface area contributed by atoms with E-state index < -0.39 is 226 Å². The Bertz CT molecular complexity index is 3170. The largest absolute Gasteiger partial charge is 0.481 e. The fraction of sp³-hybridized carbons (Fsp3) is 0.778. The Morgan fingerprint density at radius 3 is 1.50 bits per heavy atom. The van der Waals surface area contributed by atoms with Crippen molar-refractivity contribution in [3.05, 3.63) is 0 Å². The maximum absolute atomic E-state index is 15.0. The molecule has 606 valence electrons. The molecular weight excluding hydrogens is 1430 g/mol. The highest BCUT2D eigenvalue weighted by Crippen LogP contribution is 2.35. The predicted octanol–water partition coefficient (Wildman–Crippen LogP) is -0.373. The van der Waals surface area contributed by atoms with Crippen molar-refractivity contribution in [1.82, 2.24) is 57.2 Å². The first-order valence-corrected chi connectivity index (χ1v) is 38.5. The van der Waals surface area contributed by atoms with Crippen LogP contribution < -0.4 is 59.7 Å². The number of nitrogens with one attached hydrogen (secondary N) is 9. The summed E-state index contributed by atoms with van der Waals surface area (Å²) in [7, 11) is 0. The van der Waals surface area contributed by atoms with E-state index in [4.69, 9.17) is 35.2 Å². The van der Waals surface area contributed by atoms with Gasteiger partial charge in [-0.05, 0) is 94.8 Å². The maximum atomic E-state index is 15.0. The molecule has 3 saturated heterocycles. The molecule has 107 heavy (non-hydrogen) atoms. The van der Waals surface area contributed by atoms with E-state index in [9.17, 15) is 87.2 Å². The minimum atomic E-state index is -1.75. The van der Waals surface area contributed by atoms with E-state index in [0.717, 1.165) is 0 Å². The number of nitrogens with zero attached hydrogens (tertiary/aromatic N) is 3. The maximum Gasteiger partial charge on any atom is 0.305 e. The van der Waals surface area contributed by atoms with Crippen molar-refractivity contribution in [2.45, 2.75) is 270 Å². The molecule has 3 rings (SSSR count). The van der Waals surface area contributed by atoms with Crippen LogP contribution in [0, 0.1) is 45.8 Å². The summed E-state index contributed by atoms with van der Waals surface area (Å²) in [5.41, 5.74) is 15.0. The molecule has 3 aliphatic rings. The number of Topliss-reactive ketones (excluding diaryl/α,β-unsaturated/α-hetero) is 2. The molecule has 35 heteroatoms. The van der Waals surface area contributed by atoms with Gasteiger partial charge in [-0.15, -0.1) is 0 Å². The quantitative estimate of drug-likeness (QED) is 0.0160. The smallest absolute Gasteiger partial charge is 0.305 e. The van der Waals surface area contributed by atoms with Crippen molar-refractivity contribution in [3.8, 4) is 0 Å². The Morgan fingerprint density at radius 1 is 0.542 bits per heavy atom. The van der Waals surface area contributed by atoms with E-state index >= 15 is 0 Å². The summed E-state index contributed by atoms with van der Waals surface area (Å²) < 4.78 is -1.18. The number of carbonyl (C=O) groups is 15. The number of aliphatic hydroxyl groups is 2. The Morgan fingerprint density at radius 2 is 1.02 bits per heavy atom. The van der Waals surface area contributed by atoms with Gasteiger partial charge in [0.2, 0.25) is 70.9 Å². The standard InChI is InChI=1S/C72H123N15O18S2/c1-14-38(4)41(52(90)31-42(72(12,13)107)59(95)83-57(40(6)16-3)68(104)86-28-20-24-50(86)64(100)78-44(58(76)94)32-55(92)93)30-53(91)49-23-19-27-85(49)67(103)51-25-21-29-87(51)66(102)45(33-70(7,8)9)79-62(98)47(35-89)80-60(96)43(22-17-18-26-54(74)75)77-61(97)46(34-88)81-63(99)48(36-106)82-65(101)56(39(5)15-2)84-69(105)71(10,11)37-73/h38-51,56-57,88-89,106-107H,14-37,73H2,1-13H3,(H3,74,75)(H2,76,94)(H,77,97)(H,78,100)(H,79,98)(H,80,96)(H,81,99)(H,82,101)(H,83,95)(H,84,105)(H,92,93)/t38-,39-,40-,41-,42+,43-,44-,45-,46-,47-,48-,49-,50-,51-,56-,57-/m0/s1. The summed E-state index contributed by atoms with van der Waals surface area (Å²) in [6.45, 7) is 20.9. The summed E-state index contributed by atoms with van der Waals surface area (Å²) in [6.07, 6.45) is 1.96. The van der Waals surface area contributed by atoms with Crippen molar-refractivity contribution < 1.29 is 87.2 Å². The van der Waals surface area contributed by atoms with E-state index in [1.165, 1.54) is 14.7 Å². The third kappa shape index (κ3) is 27.8. The van der Waals surface area contributed by atoms with Gasteiger partial charge in [0.15, 0.2) is 5.78 Å². The lowest BCUT2D eigenvalue weighted by Crippen LogP contribution is -2.62. The number of likely N-dealkylation sites (tertiary alicyclic amines) is 3. The number of carbonyl (C=O) groups excluding carboxylic acids is 14. The normalized spacial score (nSPS) is 19.8. The van der Waals surface area contributed by atoms with Crippen LogP contribution in [-0.4, -0.2) is 241 Å². The second-order valence-corrected chi connectivity index (χ2v) is 32.9. The highest BCUT2D eigenvalue weighted by atomic mass is 32.1. The van der Waals surface area contributed by atoms with Gasteiger partial charge in [-0.25, -0.2) is 0 Å². The topological polar surface area (TPSA) is 525 Å². The van der Waals surface area contributed by atoms with Crippen LogP contribution in [0.3, 0.4) is 0 Å². The third-order valence-corrected chi connectivity index (χ3v) is 21.4. The Kier molecular flexibility index (Phi) is 37.7. The van der Waals surface area contributed by atoms with Crippen molar-refractivity contribution in [2.24, 2.45) is 57.6 Å². The molecular formula is C72H123N15O18S2. The Labute approximate surface area is 639 Å². The molecule has 12 amide bonds. The van der Waals surface area contributed by atoms with Crippen LogP contribution in [0.25, 0.3) is 0 Å². The number of hydrogen-bond donors (Lipinski definition) is 17. The van der Waals surface area contributed by atoms with Gasteiger partial charge in [0, 0.05) is 61.9 Å². The average Bonchev–Trinajstić information content (AvgIpc) is 1.70. The highest BCUT2D eigenvalue weighted by molar-refractivity contribution is 7.81. The zero-order valence-electron chi connectivity index (χ0n) is 64.6. The number of rotatable bonds is 45. The van der Waals surface area contributed by atoms with Crippen LogP contribution in [0.5, 0.6) is 0 Å². The molecule has 0 bridgehead atoms. The lowest BCUT2D eigenvalue weighted by Gasteiger charge is -2.36. The molecule has 18 N–H and O–H groups in total. The second kappa shape index (κ2) is 43.0. The molecule has 33 nitrogen and oxygen atoms in total. The Hall–Kier alpha value is -7.50. The second-order valence-electron chi connectivity index (χ2n) is 31.4. The molecule has 16 atom stereocenters. The lowest BCUT2D eigenvalue weighted by atomic mass is 9.78. The number of ketones is 2. The van der Waals surface area contributed by atoms with Gasteiger partial charge in [0.1, 0.15) is 66.2 Å². The van der Waals surface area contributed by atoms with Crippen LogP contribution in [0.15, 0.2) is 0 Å². The number of carboxylic acid groups (broad SMARTS) is 1. The van der Waals surface area contributed by atoms with Gasteiger partial charge in [-0.3, -0.25) is 77.3 Å². The van der Waals surface area contributed by atoms with Crippen molar-refractivity contribution in [3.63, 3.8) is 0 Å². The van der Waals surface area contributed by atoms with E-state index in [-0.39, 0.29) is 95.6 Å². The van der Waals surface area contributed by atoms with E-state index in [1.54, 1.807) is 83.1 Å². The number of hydrogen-bond acceptors (Lipinski definition) is 21. The molecule has 0 spiro atoms. The minimum Gasteiger partial charge on any atom is -0.481 e. The average molecular weight is 1550 g/mol. The summed E-state index contributed by atoms with van der Waals surface area (Å²) in [4.78, 5) is 213. The van der Waals surface area contributed by atoms with Gasteiger partial charge in [-0.2, -0.15) is 25.3 Å². The SMILES string of the molecule is CC[C@H](C)[C@H](CC(=O)[C@@H]1CCCN1C(=O)[C@@H]1CCCN1C(=O)[C@H](CC(C)(C)C)NC(=O)[C@H](CO)NC(=O)[C@H](CCCCC(=N)N)NC(=O)[C@H](CO)NC(=O)[C@H](CS)NC(=O)[C@@H](NC(=O)C(C)(C)CN)[C@@H](C)CC)C(=O)C[C@H](C(=O)N[C@H](C(=O)N1CCC[C@H]1C(=O)N[C@@H](CC(=O)O)C(N)=O)[C@@H](C)CC)C(C)(C)S. The molecule has 3 aliphatic heterocycles. The summed E-state index contributed by atoms with van der Waals surface area (Å²) >= 11 is 9.00. The number of carboxylic acids is 1. The van der Waals surface area contributed by atoms with Gasteiger partial charge < -0.3 is 89.8 Å². The molecule has 0 aliphatic carbocycles. The first kappa shape index (κ1) is 93.7. The first-order chi connectivity index (χ1) is 49.9. The third-order valence-electron chi connectivity index (χ3n) is 20.7. The van der Waals surface area contributed by atoms with E-state index in [1.807, 2.05) is 6.92 Å². The molecule has 0 aromatic heterocycles. The summed E-state index contributed by atoms with van der Waals surface area (Å²) in [5.74, 6) is -15.8. The zero-order valence-corrected chi connectivity index (χ0v) is 66.4. The number of aliphatic carboxylic acids is 1. The van der Waals surface area contributed by atoms with Gasteiger partial charge >= 0.3 is 5.97 Å². The number of aliphatic hydroxyl groups excluding tert-OH is 2. The number of unbranched alkanes of at least 4 members (excludes halogenated alkanes) is 1. The predicted molar refractivity (Wildman–Crippen MR) is 404 cm³/mol. The van der Waals surface area contributed by atoms with Crippen LogP contribution in [-0.2, 0) is 71.9 Å². The lowest BCUT2D eigenvalue weighted by molar-refractivity contribution is -0.148. The number of amidine groups is 1. The number of amides is 12. The van der Waals surface area contributed by atoms with Gasteiger partial charge in [0.05, 0.1) is 42.8 Å². The molecule has 0 unspecified atom stereocenters. The van der Waals surface area contributed by atoms with Crippen LogP contribution in [0.4, 0.5) is 0 Å². The highest BCUT2D eigenvalue weighted by Gasteiger charge is 2.48. The molecule has 0 saturated carbocycles. The molecule has 3 heterocycles. The number of nitrogens with two attached hydrogens (primary N) is 3. The molecule has 0 aromatic carbocycles.